The molecule has 6 saturated carbocycles. The highest BCUT2D eigenvalue weighted by Crippen LogP contribution is 2.57. The molecule has 13 heteroatoms. The lowest BCUT2D eigenvalue weighted by molar-refractivity contribution is 0.367. The Morgan fingerprint density at radius 1 is 0.272 bits per heavy atom. The maximum Gasteiger partial charge on any atom is 0.260 e. The second-order valence-corrected chi connectivity index (χ2v) is 32.9. The Morgan fingerprint density at radius 2 is 0.650 bits per heavy atom. The van der Waals surface area contributed by atoms with Gasteiger partial charge in [-0.1, -0.05) is 175 Å². The van der Waals surface area contributed by atoms with Crippen LogP contribution in [-0.4, -0.2) is 20.1 Å². The highest BCUT2D eigenvalue weighted by atomic mass is 19.1. The fourth-order valence-electron chi connectivity index (χ4n) is 23.2. The molecule has 6 aliphatic heterocycles. The van der Waals surface area contributed by atoms with Crippen LogP contribution in [0.15, 0.2) is 176 Å². The van der Waals surface area contributed by atoms with Crippen molar-refractivity contribution in [2.75, 3.05) is 14.7 Å². The summed E-state index contributed by atoms with van der Waals surface area (Å²) >= 11 is 0. The number of benzene rings is 10. The first-order valence-corrected chi connectivity index (χ1v) is 39.1. The van der Waals surface area contributed by atoms with E-state index >= 15 is 17.6 Å². The first-order valence-electron chi connectivity index (χ1n) is 39.1. The minimum Gasteiger partial charge on any atom is -0.458 e. The number of nitrogens with zero attached hydrogens (tertiary/aromatic N) is 3. The van der Waals surface area contributed by atoms with Gasteiger partial charge in [0.1, 0.15) is 69.1 Å². The molecule has 103 heavy (non-hydrogen) atoms. The third kappa shape index (κ3) is 9.46. The van der Waals surface area contributed by atoms with E-state index in [0.717, 1.165) is 127 Å². The van der Waals surface area contributed by atoms with Crippen LogP contribution in [0.5, 0.6) is 34.5 Å². The van der Waals surface area contributed by atoms with Crippen molar-refractivity contribution >= 4 is 120 Å². The number of ether oxygens (including phenoxy) is 3. The summed E-state index contributed by atoms with van der Waals surface area (Å²) in [5.41, 5.74) is 17.5. The average molecular weight is 1360 g/mol. The van der Waals surface area contributed by atoms with Crippen molar-refractivity contribution in [3.8, 4) is 34.5 Å². The van der Waals surface area contributed by atoms with Gasteiger partial charge in [0.05, 0.1) is 0 Å². The smallest absolute Gasteiger partial charge is 0.260 e. The minimum atomic E-state index is -0.661. The zero-order chi connectivity index (χ0) is 68.0. The number of para-hydroxylation sites is 5. The Labute approximate surface area is 602 Å². The van der Waals surface area contributed by atoms with E-state index < -0.39 is 43.4 Å². The molecule has 6 aliphatic carbocycles. The van der Waals surface area contributed by atoms with Gasteiger partial charge in [-0.15, -0.1) is 0 Å². The third-order valence-corrected chi connectivity index (χ3v) is 27.7. The van der Waals surface area contributed by atoms with Gasteiger partial charge in [0.15, 0.2) is 0 Å². The van der Waals surface area contributed by atoms with Gasteiger partial charge in [0, 0.05) is 57.4 Å². The summed E-state index contributed by atoms with van der Waals surface area (Å²) in [7, 11) is 0. The zero-order valence-corrected chi connectivity index (χ0v) is 58.1. The maximum atomic E-state index is 17.7. The van der Waals surface area contributed by atoms with Crippen molar-refractivity contribution in [1.29, 1.82) is 0 Å². The highest BCUT2D eigenvalue weighted by Gasteiger charge is 2.52. The van der Waals surface area contributed by atoms with Crippen molar-refractivity contribution in [2.45, 2.75) is 153 Å². The molecular formula is C90H80B3F4N3O3. The molecule has 22 rings (SSSR count). The van der Waals surface area contributed by atoms with E-state index in [1.807, 2.05) is 15.9 Å². The van der Waals surface area contributed by atoms with Crippen LogP contribution in [0.4, 0.5) is 68.7 Å². The highest BCUT2D eigenvalue weighted by molar-refractivity contribution is 7.03. The van der Waals surface area contributed by atoms with Crippen LogP contribution in [0.3, 0.4) is 0 Å². The van der Waals surface area contributed by atoms with E-state index in [1.165, 1.54) is 144 Å². The molecule has 6 fully saturated rings. The van der Waals surface area contributed by atoms with Crippen molar-refractivity contribution in [1.82, 2.24) is 0 Å². The van der Waals surface area contributed by atoms with Crippen LogP contribution in [0.1, 0.15) is 169 Å². The minimum absolute atomic E-state index is 0.124. The lowest BCUT2D eigenvalue weighted by Crippen LogP contribution is -2.65. The van der Waals surface area contributed by atoms with Crippen molar-refractivity contribution in [3.63, 3.8) is 0 Å². The molecule has 510 valence electrons. The van der Waals surface area contributed by atoms with Crippen LogP contribution in [-0.2, 0) is 0 Å². The molecule has 6 nitrogen and oxygen atoms in total. The SMILES string of the molecule is Fc1cccc(F)c1N1c2cc3c(cc2B2c4ccccc4Oc4cc(C5CC6CCCCCC6C5)cc1c42)B1c2cc4c(cc2Oc2cc(C5CC6CCCCCC6C5)cc(c21)O3)N(c1c(F)cccc1F)c1cc(C2CC3CCCCCC3C2)cc2c1B4c1ccccc1N2c1ccccc1. The lowest BCUT2D eigenvalue weighted by atomic mass is 9.29. The summed E-state index contributed by atoms with van der Waals surface area (Å²) in [6.07, 6.45) is 25.5. The monoisotopic (exact) mass is 1360 g/mol. The van der Waals surface area contributed by atoms with Gasteiger partial charge in [-0.2, -0.15) is 0 Å². The molecule has 12 aliphatic rings. The van der Waals surface area contributed by atoms with Gasteiger partial charge in [0.25, 0.3) is 20.1 Å². The van der Waals surface area contributed by atoms with Gasteiger partial charge in [0.2, 0.25) is 0 Å². The molecule has 10 aromatic rings. The van der Waals surface area contributed by atoms with Crippen LogP contribution < -0.4 is 78.1 Å². The first kappa shape index (κ1) is 61.4. The zero-order valence-electron chi connectivity index (χ0n) is 58.1. The number of fused-ring (bicyclic) bond motifs is 15. The standard InChI is InChI=1S/C90H80B3F4N3O3/c94-70-29-17-30-71(95)89(70)99-75-49-81-68(47-66(75)91-64-27-13-15-33-74(64)98(63-25-11-4-12-26-63)77-41-60(42-78(99)86(77)91)57-35-51-19-5-1-6-20-52(51)36-57)93-69-48-67-76(50-82(69)103-85-46-62(45-84(102-81)88(85)93)59-39-55-23-9-3-10-24-56(55)40-59)100(90-72(96)31-18-32-73(90)97)79-43-61(58-37-53-21-7-2-8-22-54(53)38-58)44-83-87(79)92(67)65-28-14-16-34-80(65)101-83/h4,11-18,25-34,41-59H,1-3,5-10,19-24,35-40H2. The van der Waals surface area contributed by atoms with Crippen molar-refractivity contribution < 1.29 is 31.8 Å². The molecule has 6 atom stereocenters. The quantitative estimate of drug-likeness (QED) is 0.122. The molecule has 0 saturated heterocycles. The molecule has 0 amide bonds. The summed E-state index contributed by atoms with van der Waals surface area (Å²) < 4.78 is 92.7. The number of halogens is 4. The second-order valence-electron chi connectivity index (χ2n) is 32.9. The van der Waals surface area contributed by atoms with E-state index in [1.54, 1.807) is 0 Å². The average Bonchev–Trinajstić information content (AvgIpc) is 1.47. The van der Waals surface area contributed by atoms with Crippen LogP contribution in [0.2, 0.25) is 0 Å². The topological polar surface area (TPSA) is 37.4 Å². The molecule has 0 N–H and O–H groups in total. The van der Waals surface area contributed by atoms with Crippen LogP contribution >= 0.6 is 0 Å². The maximum absolute atomic E-state index is 17.7. The second kappa shape index (κ2) is 23.7. The summed E-state index contributed by atoms with van der Waals surface area (Å²) in [6.45, 7) is -1.29. The Balaban J connectivity index is 0.786. The van der Waals surface area contributed by atoms with E-state index in [2.05, 4.69) is 138 Å². The van der Waals surface area contributed by atoms with E-state index in [9.17, 15) is 0 Å². The third-order valence-electron chi connectivity index (χ3n) is 27.7. The van der Waals surface area contributed by atoms with Gasteiger partial charge in [-0.25, -0.2) is 17.6 Å². The van der Waals surface area contributed by atoms with Gasteiger partial charge >= 0.3 is 0 Å². The van der Waals surface area contributed by atoms with Gasteiger partial charge in [-0.3, -0.25) is 0 Å². The van der Waals surface area contributed by atoms with Crippen molar-refractivity contribution in [2.24, 2.45) is 35.5 Å². The summed E-state index contributed by atoms with van der Waals surface area (Å²) in [6, 6.07) is 58.8. The number of hydrogen-bond donors (Lipinski definition) is 0. The Bertz CT molecular complexity index is 5100. The summed E-state index contributed by atoms with van der Waals surface area (Å²) in [4.78, 5) is 6.18. The summed E-state index contributed by atoms with van der Waals surface area (Å²) in [5, 5.41) is 0. The molecule has 0 aromatic heterocycles. The molecule has 0 bridgehead atoms. The van der Waals surface area contributed by atoms with Gasteiger partial charge < -0.3 is 28.9 Å². The molecular weight excluding hydrogens is 1280 g/mol. The lowest BCUT2D eigenvalue weighted by Gasteiger charge is -2.45. The Morgan fingerprint density at radius 3 is 1.15 bits per heavy atom. The van der Waals surface area contributed by atoms with E-state index in [-0.39, 0.29) is 29.1 Å². The Hall–Kier alpha value is -9.09. The fourth-order valence-corrected chi connectivity index (χ4v) is 23.2. The molecule has 0 radical (unpaired) electrons. The summed E-state index contributed by atoms with van der Waals surface area (Å²) in [5.74, 6) is 6.19. The van der Waals surface area contributed by atoms with E-state index in [0.29, 0.717) is 75.6 Å². The number of rotatable bonds is 6. The van der Waals surface area contributed by atoms with Crippen LogP contribution in [0.25, 0.3) is 0 Å². The fraction of sp³-hybridized carbons (Fsp3) is 0.333. The molecule has 10 aromatic carbocycles. The van der Waals surface area contributed by atoms with Crippen LogP contribution in [0, 0.1) is 58.8 Å². The van der Waals surface area contributed by atoms with Crippen molar-refractivity contribution in [3.05, 3.63) is 216 Å². The Kier molecular flexibility index (Phi) is 14.1. The largest absolute Gasteiger partial charge is 0.458 e. The van der Waals surface area contributed by atoms with E-state index in [4.69, 9.17) is 14.2 Å². The normalized spacial score (nSPS) is 24.7. The number of anilines is 9. The predicted octanol–water partition coefficient (Wildman–Crippen LogP) is 18.7. The molecule has 6 unspecified atom stereocenters. The number of hydrogen-bond acceptors (Lipinski definition) is 6. The first-order chi connectivity index (χ1) is 50.7. The molecule has 0 spiro atoms. The molecule has 6 heterocycles. The predicted molar refractivity (Wildman–Crippen MR) is 410 cm³/mol. The van der Waals surface area contributed by atoms with Gasteiger partial charge in [-0.05, 0) is 237 Å².